The van der Waals surface area contributed by atoms with Crippen LogP contribution < -0.4 is 0 Å². The van der Waals surface area contributed by atoms with E-state index >= 15 is 0 Å². The molecule has 0 radical (unpaired) electrons. The number of hydrogen-bond donors (Lipinski definition) is 4. The van der Waals surface area contributed by atoms with Gasteiger partial charge in [0, 0.05) is 18.9 Å². The summed E-state index contributed by atoms with van der Waals surface area (Å²) in [5.41, 5.74) is 0. The van der Waals surface area contributed by atoms with Gasteiger partial charge in [0.05, 0.1) is 18.3 Å². The Morgan fingerprint density at radius 1 is 1.04 bits per heavy atom. The van der Waals surface area contributed by atoms with E-state index in [1.165, 1.54) is 0 Å². The Morgan fingerprint density at radius 3 is 2.54 bits per heavy atom. The molecule has 0 aliphatic heterocycles. The van der Waals surface area contributed by atoms with Crippen molar-refractivity contribution in [3.8, 4) is 0 Å². The maximum atomic E-state index is 10.2. The van der Waals surface area contributed by atoms with Crippen LogP contribution in [0.25, 0.3) is 0 Å². The zero-order valence-corrected chi connectivity index (χ0v) is 15.1. The minimum atomic E-state index is -0.535. The Kier molecular flexibility index (Phi) is 11.3. The van der Waals surface area contributed by atoms with Crippen molar-refractivity contribution in [3.05, 3.63) is 24.3 Å². The lowest BCUT2D eigenvalue weighted by Gasteiger charge is -2.19. The normalized spacial score (nSPS) is 29.0. The van der Waals surface area contributed by atoms with E-state index in [0.29, 0.717) is 6.42 Å². The van der Waals surface area contributed by atoms with Crippen molar-refractivity contribution in [1.29, 1.82) is 0 Å². The van der Waals surface area contributed by atoms with Crippen LogP contribution in [0.1, 0.15) is 64.7 Å². The van der Waals surface area contributed by atoms with Gasteiger partial charge in [-0.05, 0) is 38.0 Å². The second-order valence-corrected chi connectivity index (χ2v) is 6.99. The molecule has 0 aromatic rings. The van der Waals surface area contributed by atoms with Crippen LogP contribution in [0.2, 0.25) is 0 Å². The molecule has 0 amide bonds. The average molecular weight is 341 g/mol. The second-order valence-electron chi connectivity index (χ2n) is 6.99. The Morgan fingerprint density at radius 2 is 1.83 bits per heavy atom. The third-order valence-electron chi connectivity index (χ3n) is 4.93. The molecule has 1 fully saturated rings. The molecule has 1 saturated carbocycles. The summed E-state index contributed by atoms with van der Waals surface area (Å²) in [5.74, 6) is -0.0869. The van der Waals surface area contributed by atoms with Gasteiger partial charge in [-0.1, -0.05) is 50.5 Å². The summed E-state index contributed by atoms with van der Waals surface area (Å²) < 4.78 is 0. The van der Waals surface area contributed by atoms with E-state index in [-0.39, 0.29) is 18.4 Å². The molecular weight excluding hydrogens is 304 g/mol. The maximum absolute atomic E-state index is 10.2. The van der Waals surface area contributed by atoms with Gasteiger partial charge < -0.3 is 20.4 Å². The van der Waals surface area contributed by atoms with Gasteiger partial charge in [0.15, 0.2) is 0 Å². The lowest BCUT2D eigenvalue weighted by molar-refractivity contribution is 0.120. The first-order valence-corrected chi connectivity index (χ1v) is 9.58. The molecule has 4 nitrogen and oxygen atoms in total. The Hall–Kier alpha value is -0.680. The predicted octanol–water partition coefficient (Wildman–Crippen LogP) is 2.95. The molecule has 0 saturated heterocycles. The highest BCUT2D eigenvalue weighted by atomic mass is 16.3. The highest BCUT2D eigenvalue weighted by Crippen LogP contribution is 2.36. The molecular formula is C20H36O4. The average Bonchev–Trinajstić information content (AvgIpc) is 2.82. The SMILES string of the molecule is CCCCCC(O)/C=C/C1C(O)CC(O)C1C/C=C/CCCCO. The molecule has 4 N–H and O–H groups in total. The van der Waals surface area contributed by atoms with Crippen LogP contribution in [0, 0.1) is 11.8 Å². The smallest absolute Gasteiger partial charge is 0.0721 e. The first-order valence-electron chi connectivity index (χ1n) is 9.58. The van der Waals surface area contributed by atoms with Crippen molar-refractivity contribution in [2.45, 2.75) is 83.0 Å². The summed E-state index contributed by atoms with van der Waals surface area (Å²) in [6, 6.07) is 0. The number of aliphatic hydroxyl groups excluding tert-OH is 4. The van der Waals surface area contributed by atoms with E-state index in [1.54, 1.807) is 6.08 Å². The molecule has 5 unspecified atom stereocenters. The van der Waals surface area contributed by atoms with Crippen LogP contribution in [-0.2, 0) is 0 Å². The molecule has 140 valence electrons. The fourth-order valence-electron chi connectivity index (χ4n) is 3.41. The Labute approximate surface area is 146 Å². The van der Waals surface area contributed by atoms with Crippen LogP contribution in [-0.4, -0.2) is 45.3 Å². The van der Waals surface area contributed by atoms with Crippen molar-refractivity contribution >= 4 is 0 Å². The molecule has 0 heterocycles. The highest BCUT2D eigenvalue weighted by molar-refractivity contribution is 5.06. The van der Waals surface area contributed by atoms with E-state index < -0.39 is 18.3 Å². The zero-order chi connectivity index (χ0) is 17.8. The third-order valence-corrected chi connectivity index (χ3v) is 4.93. The topological polar surface area (TPSA) is 80.9 Å². The van der Waals surface area contributed by atoms with E-state index in [1.807, 2.05) is 6.08 Å². The molecule has 1 aliphatic rings. The van der Waals surface area contributed by atoms with Gasteiger partial charge in [0.2, 0.25) is 0 Å². The van der Waals surface area contributed by atoms with Crippen LogP contribution in [0.3, 0.4) is 0 Å². The van der Waals surface area contributed by atoms with Gasteiger partial charge in [-0.3, -0.25) is 0 Å². The van der Waals surface area contributed by atoms with Gasteiger partial charge in [-0.25, -0.2) is 0 Å². The first-order chi connectivity index (χ1) is 11.6. The molecule has 4 heteroatoms. The monoisotopic (exact) mass is 340 g/mol. The number of rotatable bonds is 12. The van der Waals surface area contributed by atoms with Gasteiger partial charge in [-0.15, -0.1) is 0 Å². The largest absolute Gasteiger partial charge is 0.396 e. The fourth-order valence-corrected chi connectivity index (χ4v) is 3.41. The van der Waals surface area contributed by atoms with Gasteiger partial charge in [0.25, 0.3) is 0 Å². The molecule has 0 bridgehead atoms. The van der Waals surface area contributed by atoms with Gasteiger partial charge in [0.1, 0.15) is 0 Å². The van der Waals surface area contributed by atoms with Crippen molar-refractivity contribution in [2.75, 3.05) is 6.61 Å². The first kappa shape index (κ1) is 21.4. The number of aliphatic hydroxyl groups is 4. The third kappa shape index (κ3) is 7.93. The van der Waals surface area contributed by atoms with E-state index in [2.05, 4.69) is 19.1 Å². The Bertz CT molecular complexity index is 367. The molecule has 24 heavy (non-hydrogen) atoms. The van der Waals surface area contributed by atoms with Crippen molar-refractivity contribution in [1.82, 2.24) is 0 Å². The van der Waals surface area contributed by atoms with Crippen LogP contribution in [0.5, 0.6) is 0 Å². The summed E-state index contributed by atoms with van der Waals surface area (Å²) in [6.45, 7) is 2.37. The lowest BCUT2D eigenvalue weighted by atomic mass is 9.89. The standard InChI is InChI=1S/C20H36O4/c1-2-3-7-10-16(22)12-13-18-17(19(23)15-20(18)24)11-8-5-4-6-9-14-21/h5,8,12-13,16-24H,2-4,6-7,9-11,14-15H2,1H3/b8-5+,13-12+. The highest BCUT2D eigenvalue weighted by Gasteiger charge is 2.39. The van der Waals surface area contributed by atoms with E-state index in [4.69, 9.17) is 5.11 Å². The molecule has 1 aliphatic carbocycles. The van der Waals surface area contributed by atoms with Crippen LogP contribution in [0.15, 0.2) is 24.3 Å². The van der Waals surface area contributed by atoms with Crippen LogP contribution >= 0.6 is 0 Å². The van der Waals surface area contributed by atoms with Crippen molar-refractivity contribution in [3.63, 3.8) is 0 Å². The lowest BCUT2D eigenvalue weighted by Crippen LogP contribution is -2.20. The molecule has 5 atom stereocenters. The van der Waals surface area contributed by atoms with E-state index in [0.717, 1.165) is 51.4 Å². The predicted molar refractivity (Wildman–Crippen MR) is 97.6 cm³/mol. The summed E-state index contributed by atoms with van der Waals surface area (Å²) in [4.78, 5) is 0. The zero-order valence-electron chi connectivity index (χ0n) is 15.1. The quantitative estimate of drug-likeness (QED) is 0.325. The minimum Gasteiger partial charge on any atom is -0.396 e. The van der Waals surface area contributed by atoms with Crippen LogP contribution in [0.4, 0.5) is 0 Å². The van der Waals surface area contributed by atoms with Gasteiger partial charge in [-0.2, -0.15) is 0 Å². The summed E-state index contributed by atoms with van der Waals surface area (Å²) >= 11 is 0. The summed E-state index contributed by atoms with van der Waals surface area (Å²) in [6.07, 6.45) is 14.3. The van der Waals surface area contributed by atoms with E-state index in [9.17, 15) is 15.3 Å². The summed E-state index contributed by atoms with van der Waals surface area (Å²) in [7, 11) is 0. The molecule has 0 aromatic carbocycles. The fraction of sp³-hybridized carbons (Fsp3) is 0.800. The summed E-state index contributed by atoms with van der Waals surface area (Å²) in [5, 5.41) is 39.1. The molecule has 1 rings (SSSR count). The number of hydrogen-bond acceptors (Lipinski definition) is 4. The maximum Gasteiger partial charge on any atom is 0.0721 e. The number of unbranched alkanes of at least 4 members (excludes halogenated alkanes) is 4. The minimum absolute atomic E-state index is 0.00758. The molecule has 0 aromatic heterocycles. The van der Waals surface area contributed by atoms with Gasteiger partial charge >= 0.3 is 0 Å². The Balaban J connectivity index is 2.46. The van der Waals surface area contributed by atoms with Crippen molar-refractivity contribution in [2.24, 2.45) is 11.8 Å². The molecule has 0 spiro atoms. The number of allylic oxidation sites excluding steroid dienone is 2. The van der Waals surface area contributed by atoms with Crippen molar-refractivity contribution < 1.29 is 20.4 Å². The second kappa shape index (κ2) is 12.6.